The molecular weight excluding hydrogens is 326 g/mol. The molecule has 0 saturated heterocycles. The molecule has 4 rings (SSSR count). The van der Waals surface area contributed by atoms with Crippen LogP contribution in [0.15, 0.2) is 28.9 Å². The zero-order valence-electron chi connectivity index (χ0n) is 12.3. The summed E-state index contributed by atoms with van der Waals surface area (Å²) in [6.45, 7) is 3.12. The lowest BCUT2D eigenvalue weighted by molar-refractivity contribution is 0.679. The molecule has 0 spiro atoms. The summed E-state index contributed by atoms with van der Waals surface area (Å²) in [5, 5.41) is 8.32. The van der Waals surface area contributed by atoms with Crippen LogP contribution in [0.25, 0.3) is 5.69 Å². The van der Waals surface area contributed by atoms with Crippen molar-refractivity contribution in [2.45, 2.75) is 51.1 Å². The molecule has 0 radical (unpaired) electrons. The van der Waals surface area contributed by atoms with E-state index in [-0.39, 0.29) is 0 Å². The van der Waals surface area contributed by atoms with E-state index in [0.29, 0.717) is 5.92 Å². The SMILES string of the molecule is Cc1cc(Br)ccc1-n1ncc(CNC2CC2)c1C1CC1. The monoisotopic (exact) mass is 345 g/mol. The highest BCUT2D eigenvalue weighted by Crippen LogP contribution is 2.43. The van der Waals surface area contributed by atoms with Crippen molar-refractivity contribution in [1.29, 1.82) is 0 Å². The first-order valence-electron chi connectivity index (χ1n) is 7.79. The average Bonchev–Trinajstić information content (AvgIpc) is 3.37. The second-order valence-corrected chi connectivity index (χ2v) is 7.24. The molecule has 21 heavy (non-hydrogen) atoms. The van der Waals surface area contributed by atoms with Gasteiger partial charge in [0.25, 0.3) is 0 Å². The van der Waals surface area contributed by atoms with Crippen molar-refractivity contribution in [3.05, 3.63) is 45.7 Å². The number of halogens is 1. The van der Waals surface area contributed by atoms with Gasteiger partial charge in [0.15, 0.2) is 0 Å². The molecule has 1 N–H and O–H groups in total. The van der Waals surface area contributed by atoms with Crippen LogP contribution in [0.1, 0.15) is 48.4 Å². The van der Waals surface area contributed by atoms with Crippen LogP contribution in [0.2, 0.25) is 0 Å². The predicted octanol–water partition coefficient (Wildman–Crippen LogP) is 4.07. The Balaban J connectivity index is 1.70. The highest BCUT2D eigenvalue weighted by atomic mass is 79.9. The number of rotatable bonds is 5. The average molecular weight is 346 g/mol. The van der Waals surface area contributed by atoms with Gasteiger partial charge in [-0.2, -0.15) is 5.10 Å². The summed E-state index contributed by atoms with van der Waals surface area (Å²) in [7, 11) is 0. The van der Waals surface area contributed by atoms with E-state index in [1.165, 1.54) is 48.2 Å². The minimum Gasteiger partial charge on any atom is -0.310 e. The smallest absolute Gasteiger partial charge is 0.0678 e. The predicted molar refractivity (Wildman–Crippen MR) is 87.8 cm³/mol. The molecule has 2 fully saturated rings. The topological polar surface area (TPSA) is 29.9 Å². The zero-order valence-corrected chi connectivity index (χ0v) is 13.9. The lowest BCUT2D eigenvalue weighted by Crippen LogP contribution is -2.16. The Morgan fingerprint density at radius 3 is 2.76 bits per heavy atom. The van der Waals surface area contributed by atoms with Gasteiger partial charge in [-0.15, -0.1) is 0 Å². The van der Waals surface area contributed by atoms with E-state index in [1.54, 1.807) is 0 Å². The van der Waals surface area contributed by atoms with E-state index < -0.39 is 0 Å². The van der Waals surface area contributed by atoms with Gasteiger partial charge in [-0.3, -0.25) is 0 Å². The van der Waals surface area contributed by atoms with E-state index in [2.05, 4.69) is 57.2 Å². The Hall–Kier alpha value is -1.13. The molecule has 1 aromatic heterocycles. The van der Waals surface area contributed by atoms with Crippen LogP contribution < -0.4 is 5.32 Å². The maximum Gasteiger partial charge on any atom is 0.0678 e. The van der Waals surface area contributed by atoms with E-state index in [0.717, 1.165) is 17.1 Å². The summed E-state index contributed by atoms with van der Waals surface area (Å²) in [5.41, 5.74) is 5.27. The lowest BCUT2D eigenvalue weighted by Gasteiger charge is -2.12. The van der Waals surface area contributed by atoms with Crippen LogP contribution in [0.5, 0.6) is 0 Å². The van der Waals surface area contributed by atoms with Gasteiger partial charge in [0.1, 0.15) is 0 Å². The van der Waals surface area contributed by atoms with Gasteiger partial charge >= 0.3 is 0 Å². The highest BCUT2D eigenvalue weighted by molar-refractivity contribution is 9.10. The second kappa shape index (κ2) is 5.25. The first-order valence-corrected chi connectivity index (χ1v) is 8.58. The molecule has 4 heteroatoms. The quantitative estimate of drug-likeness (QED) is 0.884. The summed E-state index contributed by atoms with van der Waals surface area (Å²) in [6.07, 6.45) is 7.33. The summed E-state index contributed by atoms with van der Waals surface area (Å²) in [4.78, 5) is 0. The lowest BCUT2D eigenvalue weighted by atomic mass is 10.1. The standard InChI is InChI=1S/C17H20BrN3/c1-11-8-14(18)4-7-16(11)21-17(12-2-3-12)13(10-20-21)9-19-15-5-6-15/h4,7-8,10,12,15,19H,2-3,5-6,9H2,1H3. The molecule has 2 saturated carbocycles. The Kier molecular flexibility index (Phi) is 3.38. The fraction of sp³-hybridized carbons (Fsp3) is 0.471. The van der Waals surface area contributed by atoms with Crippen LogP contribution >= 0.6 is 15.9 Å². The molecule has 3 nitrogen and oxygen atoms in total. The number of hydrogen-bond acceptors (Lipinski definition) is 2. The summed E-state index contributed by atoms with van der Waals surface area (Å²) >= 11 is 3.54. The summed E-state index contributed by atoms with van der Waals surface area (Å²) in [6, 6.07) is 7.17. The van der Waals surface area contributed by atoms with Gasteiger partial charge in [-0.1, -0.05) is 15.9 Å². The maximum absolute atomic E-state index is 4.70. The third kappa shape index (κ3) is 2.79. The Morgan fingerprint density at radius 2 is 2.10 bits per heavy atom. The van der Waals surface area contributed by atoms with Crippen LogP contribution in [0.4, 0.5) is 0 Å². The molecule has 2 aliphatic carbocycles. The number of aromatic nitrogens is 2. The number of benzene rings is 1. The number of nitrogens with one attached hydrogen (secondary N) is 1. The summed E-state index contributed by atoms with van der Waals surface area (Å²) < 4.78 is 3.29. The zero-order chi connectivity index (χ0) is 14.4. The molecular formula is C17H20BrN3. The van der Waals surface area contributed by atoms with Gasteiger partial charge in [0.05, 0.1) is 17.6 Å². The highest BCUT2D eigenvalue weighted by Gasteiger charge is 2.31. The molecule has 1 heterocycles. The Labute approximate surface area is 133 Å². The van der Waals surface area contributed by atoms with E-state index >= 15 is 0 Å². The van der Waals surface area contributed by atoms with Gasteiger partial charge in [-0.05, 0) is 56.4 Å². The second-order valence-electron chi connectivity index (χ2n) is 6.33. The molecule has 0 unspecified atom stereocenters. The van der Waals surface area contributed by atoms with Crippen molar-refractivity contribution in [3.63, 3.8) is 0 Å². The Bertz CT molecular complexity index is 669. The maximum atomic E-state index is 4.70. The van der Waals surface area contributed by atoms with Gasteiger partial charge in [0, 0.05) is 28.5 Å². The first-order chi connectivity index (χ1) is 10.2. The van der Waals surface area contributed by atoms with Crippen molar-refractivity contribution >= 4 is 15.9 Å². The first kappa shape index (κ1) is 13.5. The van der Waals surface area contributed by atoms with Crippen LogP contribution in [0, 0.1) is 6.92 Å². The van der Waals surface area contributed by atoms with Gasteiger partial charge in [0.2, 0.25) is 0 Å². The van der Waals surface area contributed by atoms with Crippen LogP contribution in [-0.4, -0.2) is 15.8 Å². The third-order valence-electron chi connectivity index (χ3n) is 4.40. The van der Waals surface area contributed by atoms with Crippen molar-refractivity contribution in [1.82, 2.24) is 15.1 Å². The van der Waals surface area contributed by atoms with Gasteiger partial charge in [-0.25, -0.2) is 4.68 Å². The fourth-order valence-corrected chi connectivity index (χ4v) is 3.39. The van der Waals surface area contributed by atoms with Crippen molar-refractivity contribution in [2.24, 2.45) is 0 Å². The third-order valence-corrected chi connectivity index (χ3v) is 4.89. The Morgan fingerprint density at radius 1 is 1.29 bits per heavy atom. The summed E-state index contributed by atoms with van der Waals surface area (Å²) in [5.74, 6) is 0.701. The molecule has 0 aliphatic heterocycles. The van der Waals surface area contributed by atoms with E-state index in [4.69, 9.17) is 5.10 Å². The molecule has 0 atom stereocenters. The molecule has 0 amide bonds. The minimum atomic E-state index is 0.701. The molecule has 2 aliphatic rings. The minimum absolute atomic E-state index is 0.701. The molecule has 0 bridgehead atoms. The van der Waals surface area contributed by atoms with Crippen LogP contribution in [-0.2, 0) is 6.54 Å². The van der Waals surface area contributed by atoms with Gasteiger partial charge < -0.3 is 5.32 Å². The largest absolute Gasteiger partial charge is 0.310 e. The van der Waals surface area contributed by atoms with Crippen molar-refractivity contribution < 1.29 is 0 Å². The molecule has 1 aromatic carbocycles. The van der Waals surface area contributed by atoms with Crippen molar-refractivity contribution in [2.75, 3.05) is 0 Å². The number of hydrogen-bond donors (Lipinski definition) is 1. The van der Waals surface area contributed by atoms with E-state index in [1.807, 2.05) is 0 Å². The number of aryl methyl sites for hydroxylation is 1. The van der Waals surface area contributed by atoms with Crippen molar-refractivity contribution in [3.8, 4) is 5.69 Å². The molecule has 2 aromatic rings. The van der Waals surface area contributed by atoms with E-state index in [9.17, 15) is 0 Å². The normalized spacial score (nSPS) is 18.2. The fourth-order valence-electron chi connectivity index (χ4n) is 2.91. The number of nitrogens with zero attached hydrogens (tertiary/aromatic N) is 2. The molecule has 110 valence electrons. The van der Waals surface area contributed by atoms with Crippen LogP contribution in [0.3, 0.4) is 0 Å².